The summed E-state index contributed by atoms with van der Waals surface area (Å²) in [6.07, 6.45) is 0. The molecule has 0 heterocycles. The Balaban J connectivity index is 2.58. The maximum Gasteiger partial charge on any atom is 0.131 e. The molecule has 0 saturated heterocycles. The van der Waals surface area contributed by atoms with Gasteiger partial charge in [0.15, 0.2) is 0 Å². The predicted molar refractivity (Wildman–Crippen MR) is 139 cm³/mol. The highest BCUT2D eigenvalue weighted by molar-refractivity contribution is 7.81. The highest BCUT2D eigenvalue weighted by atomic mass is 31.1. The van der Waals surface area contributed by atoms with Crippen molar-refractivity contribution in [1.82, 2.24) is 0 Å². The van der Waals surface area contributed by atoms with Gasteiger partial charge in [-0.1, -0.05) is 0 Å². The molecular weight excluding hydrogens is 451 g/mol. The van der Waals surface area contributed by atoms with E-state index in [-0.39, 0.29) is 0 Å². The summed E-state index contributed by atoms with van der Waals surface area (Å²) < 4.78 is 35.4. The van der Waals surface area contributed by atoms with E-state index in [9.17, 15) is 0 Å². The van der Waals surface area contributed by atoms with Crippen molar-refractivity contribution in [3.63, 3.8) is 0 Å². The van der Waals surface area contributed by atoms with E-state index in [1.807, 2.05) is 57.2 Å². The average molecular weight is 485 g/mol. The van der Waals surface area contributed by atoms with Crippen molar-refractivity contribution in [2.45, 2.75) is 20.8 Å². The number of ether oxygens (including phenoxy) is 6. The van der Waals surface area contributed by atoms with Gasteiger partial charge in [-0.25, -0.2) is 0 Å². The van der Waals surface area contributed by atoms with Gasteiger partial charge in [0, 0.05) is 7.92 Å². The lowest BCUT2D eigenvalue weighted by molar-refractivity contribution is 0.397. The lowest BCUT2D eigenvalue weighted by Crippen LogP contribution is -2.28. The summed E-state index contributed by atoms with van der Waals surface area (Å²) in [4.78, 5) is 0. The molecule has 0 radical (unpaired) electrons. The van der Waals surface area contributed by atoms with E-state index in [1.54, 1.807) is 42.7 Å². The van der Waals surface area contributed by atoms with Crippen LogP contribution < -0.4 is 44.3 Å². The Morgan fingerprint density at radius 2 is 0.559 bits per heavy atom. The van der Waals surface area contributed by atoms with E-state index < -0.39 is 7.92 Å². The fourth-order valence-corrected chi connectivity index (χ4v) is 7.00. The average Bonchev–Trinajstić information content (AvgIpc) is 2.84. The zero-order valence-corrected chi connectivity index (χ0v) is 22.3. The van der Waals surface area contributed by atoms with Crippen LogP contribution >= 0.6 is 7.92 Å². The van der Waals surface area contributed by atoms with Gasteiger partial charge >= 0.3 is 0 Å². The maximum atomic E-state index is 5.91. The molecule has 3 rings (SSSR count). The molecule has 3 aromatic carbocycles. The first-order chi connectivity index (χ1) is 16.3. The Kier molecular flexibility index (Phi) is 8.16. The molecule has 0 spiro atoms. The number of hydrogen-bond donors (Lipinski definition) is 0. The molecule has 6 nitrogen and oxygen atoms in total. The SMILES string of the molecule is COc1cc(C)cc(OC)c1P(c1c(OC)cc(C)cc1OC)c1c(OC)cc(C)cc1OC. The lowest BCUT2D eigenvalue weighted by atomic mass is 10.2. The third kappa shape index (κ3) is 4.74. The van der Waals surface area contributed by atoms with Gasteiger partial charge in [-0.05, 0) is 73.9 Å². The van der Waals surface area contributed by atoms with Gasteiger partial charge in [-0.2, -0.15) is 0 Å². The second-order valence-corrected chi connectivity index (χ2v) is 9.90. The Morgan fingerprint density at radius 3 is 0.706 bits per heavy atom. The van der Waals surface area contributed by atoms with Gasteiger partial charge in [-0.3, -0.25) is 0 Å². The van der Waals surface area contributed by atoms with Gasteiger partial charge < -0.3 is 28.4 Å². The van der Waals surface area contributed by atoms with Crippen LogP contribution in [0.1, 0.15) is 16.7 Å². The molecule has 0 aliphatic heterocycles. The van der Waals surface area contributed by atoms with E-state index in [4.69, 9.17) is 28.4 Å². The van der Waals surface area contributed by atoms with Crippen molar-refractivity contribution in [2.75, 3.05) is 42.7 Å². The molecule has 3 aromatic rings. The van der Waals surface area contributed by atoms with Crippen LogP contribution in [-0.4, -0.2) is 42.7 Å². The van der Waals surface area contributed by atoms with Crippen molar-refractivity contribution >= 4 is 23.8 Å². The highest BCUT2D eigenvalue weighted by Crippen LogP contribution is 2.50. The summed E-state index contributed by atoms with van der Waals surface area (Å²) in [6, 6.07) is 12.0. The highest BCUT2D eigenvalue weighted by Gasteiger charge is 2.35. The Morgan fingerprint density at radius 1 is 0.382 bits per heavy atom. The standard InChI is InChI=1S/C27H33O6P/c1-16-10-19(28-4)25(20(11-16)29-5)34(26-21(30-6)12-17(2)13-22(26)31-7)27-23(32-8)14-18(3)15-24(27)33-9/h10-15H,1-9H3. The van der Waals surface area contributed by atoms with Crippen molar-refractivity contribution in [1.29, 1.82) is 0 Å². The molecule has 34 heavy (non-hydrogen) atoms. The van der Waals surface area contributed by atoms with E-state index in [2.05, 4.69) is 0 Å². The molecular formula is C27H33O6P. The molecule has 7 heteroatoms. The monoisotopic (exact) mass is 484 g/mol. The largest absolute Gasteiger partial charge is 0.496 e. The Bertz CT molecular complexity index is 953. The fourth-order valence-electron chi connectivity index (χ4n) is 4.07. The molecule has 0 aliphatic rings. The van der Waals surface area contributed by atoms with Crippen molar-refractivity contribution in [3.8, 4) is 34.5 Å². The van der Waals surface area contributed by atoms with Crippen LogP contribution in [0.15, 0.2) is 36.4 Å². The van der Waals surface area contributed by atoms with Crippen LogP contribution in [0.3, 0.4) is 0 Å². The Labute approximate surface area is 203 Å². The van der Waals surface area contributed by atoms with Crippen molar-refractivity contribution in [3.05, 3.63) is 53.1 Å². The van der Waals surface area contributed by atoms with Gasteiger partial charge in [-0.15, -0.1) is 0 Å². The second kappa shape index (κ2) is 10.9. The molecule has 182 valence electrons. The van der Waals surface area contributed by atoms with Crippen LogP contribution in [0.2, 0.25) is 0 Å². The fraction of sp³-hybridized carbons (Fsp3) is 0.333. The van der Waals surface area contributed by atoms with E-state index in [1.165, 1.54) is 0 Å². The van der Waals surface area contributed by atoms with Crippen LogP contribution in [0.25, 0.3) is 0 Å². The lowest BCUT2D eigenvalue weighted by Gasteiger charge is -2.29. The smallest absolute Gasteiger partial charge is 0.131 e. The van der Waals surface area contributed by atoms with Crippen molar-refractivity contribution in [2.24, 2.45) is 0 Å². The first kappa shape index (κ1) is 25.5. The molecule has 0 aromatic heterocycles. The van der Waals surface area contributed by atoms with Crippen LogP contribution in [-0.2, 0) is 0 Å². The second-order valence-electron chi connectivity index (χ2n) is 7.89. The molecule has 0 aliphatic carbocycles. The number of benzene rings is 3. The predicted octanol–water partition coefficient (Wildman–Crippen LogP) is 4.42. The minimum absolute atomic E-state index is 0.706. The van der Waals surface area contributed by atoms with Crippen LogP contribution in [0, 0.1) is 20.8 Å². The molecule has 0 fully saturated rings. The van der Waals surface area contributed by atoms with E-state index in [0.29, 0.717) is 34.5 Å². The van der Waals surface area contributed by atoms with Gasteiger partial charge in [0.05, 0.1) is 58.6 Å². The number of rotatable bonds is 9. The minimum atomic E-state index is -1.39. The number of hydrogen-bond acceptors (Lipinski definition) is 6. The summed E-state index contributed by atoms with van der Waals surface area (Å²) in [7, 11) is 8.60. The molecule has 0 unspecified atom stereocenters. The maximum absolute atomic E-state index is 5.91. The summed E-state index contributed by atoms with van der Waals surface area (Å²) in [5.74, 6) is 4.24. The zero-order valence-electron chi connectivity index (χ0n) is 21.4. The molecule has 0 N–H and O–H groups in total. The molecule has 0 atom stereocenters. The normalized spacial score (nSPS) is 10.8. The third-order valence-corrected chi connectivity index (χ3v) is 8.21. The summed E-state index contributed by atoms with van der Waals surface area (Å²) in [5, 5.41) is 2.64. The number of aryl methyl sites for hydroxylation is 3. The van der Waals surface area contributed by atoms with Gasteiger partial charge in [0.25, 0.3) is 0 Å². The summed E-state index contributed by atoms with van der Waals surface area (Å²) in [6.45, 7) is 6.03. The third-order valence-electron chi connectivity index (χ3n) is 5.54. The van der Waals surface area contributed by atoms with Crippen molar-refractivity contribution < 1.29 is 28.4 Å². The van der Waals surface area contributed by atoms with Gasteiger partial charge in [0.2, 0.25) is 0 Å². The molecule has 0 saturated carbocycles. The molecule has 0 amide bonds. The minimum Gasteiger partial charge on any atom is -0.496 e. The number of methoxy groups -OCH3 is 6. The van der Waals surface area contributed by atoms with Crippen LogP contribution in [0.4, 0.5) is 0 Å². The quantitative estimate of drug-likeness (QED) is 0.419. The van der Waals surface area contributed by atoms with Crippen LogP contribution in [0.5, 0.6) is 34.5 Å². The topological polar surface area (TPSA) is 55.4 Å². The zero-order chi connectivity index (χ0) is 25.0. The van der Waals surface area contributed by atoms with E-state index >= 15 is 0 Å². The Hall–Kier alpha value is -3.11. The molecule has 0 bridgehead atoms. The summed E-state index contributed by atoms with van der Waals surface area (Å²) >= 11 is 0. The first-order valence-corrected chi connectivity index (χ1v) is 12.2. The van der Waals surface area contributed by atoms with Gasteiger partial charge in [0.1, 0.15) is 34.5 Å². The summed E-state index contributed by atoms with van der Waals surface area (Å²) in [5.41, 5.74) is 3.08. The first-order valence-electron chi connectivity index (χ1n) is 10.8. The van der Waals surface area contributed by atoms with E-state index in [0.717, 1.165) is 32.6 Å².